The van der Waals surface area contributed by atoms with E-state index in [9.17, 15) is 14.9 Å². The average Bonchev–Trinajstić information content (AvgIpc) is 3.12. The van der Waals surface area contributed by atoms with Crippen LogP contribution in [0.15, 0.2) is 29.1 Å². The fourth-order valence-electron chi connectivity index (χ4n) is 3.25. The summed E-state index contributed by atoms with van der Waals surface area (Å²) in [5, 5.41) is 13.9. The van der Waals surface area contributed by atoms with Crippen molar-refractivity contribution in [3.63, 3.8) is 0 Å². The van der Waals surface area contributed by atoms with Gasteiger partial charge in [0.15, 0.2) is 5.65 Å². The van der Waals surface area contributed by atoms with E-state index < -0.39 is 4.92 Å². The number of hydrogen-bond acceptors (Lipinski definition) is 4. The first-order valence-corrected chi connectivity index (χ1v) is 7.44. The molecule has 3 aromatic rings. The number of fused-ring (bicyclic) bond motifs is 2. The van der Waals surface area contributed by atoms with E-state index in [0.29, 0.717) is 5.65 Å². The van der Waals surface area contributed by atoms with Crippen molar-refractivity contribution < 1.29 is 4.92 Å². The van der Waals surface area contributed by atoms with E-state index in [1.165, 1.54) is 16.6 Å². The van der Waals surface area contributed by atoms with Crippen LogP contribution in [0.3, 0.4) is 0 Å². The standard InChI is InChI=1S/C16H14N4O3/c1-9-14(10-5-7-11(8-6-10)20(22)23)15-17-13-4-2-3-12(13)16(21)19(15)18-9/h5-8,18H,2-4H2,1H3. The van der Waals surface area contributed by atoms with Gasteiger partial charge in [-0.3, -0.25) is 20.0 Å². The highest BCUT2D eigenvalue weighted by Crippen LogP contribution is 2.29. The molecule has 0 saturated carbocycles. The molecule has 7 heteroatoms. The number of non-ortho nitro benzene ring substituents is 1. The Morgan fingerprint density at radius 3 is 2.70 bits per heavy atom. The second kappa shape index (κ2) is 4.77. The Labute approximate surface area is 130 Å². The van der Waals surface area contributed by atoms with E-state index in [1.54, 1.807) is 12.1 Å². The Kier molecular flexibility index (Phi) is 2.84. The zero-order valence-electron chi connectivity index (χ0n) is 12.5. The van der Waals surface area contributed by atoms with Crippen molar-refractivity contribution >= 4 is 11.3 Å². The summed E-state index contributed by atoms with van der Waals surface area (Å²) in [7, 11) is 0. The highest BCUT2D eigenvalue weighted by atomic mass is 16.6. The van der Waals surface area contributed by atoms with Crippen molar-refractivity contribution in [1.82, 2.24) is 14.6 Å². The highest BCUT2D eigenvalue weighted by molar-refractivity contribution is 5.80. The lowest BCUT2D eigenvalue weighted by molar-refractivity contribution is -0.384. The summed E-state index contributed by atoms with van der Waals surface area (Å²) < 4.78 is 1.48. The lowest BCUT2D eigenvalue weighted by Gasteiger charge is -2.03. The van der Waals surface area contributed by atoms with Gasteiger partial charge in [0.1, 0.15) is 0 Å². The maximum absolute atomic E-state index is 12.6. The van der Waals surface area contributed by atoms with E-state index in [4.69, 9.17) is 0 Å². The quantitative estimate of drug-likeness (QED) is 0.581. The van der Waals surface area contributed by atoms with Crippen molar-refractivity contribution in [2.75, 3.05) is 0 Å². The van der Waals surface area contributed by atoms with Gasteiger partial charge < -0.3 is 0 Å². The molecule has 0 bridgehead atoms. The summed E-state index contributed by atoms with van der Waals surface area (Å²) >= 11 is 0. The molecule has 1 aliphatic rings. The van der Waals surface area contributed by atoms with Crippen LogP contribution in [0.1, 0.15) is 23.4 Å². The molecule has 23 heavy (non-hydrogen) atoms. The van der Waals surface area contributed by atoms with Crippen molar-refractivity contribution in [3.8, 4) is 11.1 Å². The molecule has 0 radical (unpaired) electrons. The van der Waals surface area contributed by atoms with Gasteiger partial charge in [-0.05, 0) is 43.9 Å². The normalized spacial score (nSPS) is 13.4. The number of nitro benzene ring substituents is 1. The monoisotopic (exact) mass is 310 g/mol. The molecular weight excluding hydrogens is 296 g/mol. The minimum atomic E-state index is -0.429. The van der Waals surface area contributed by atoms with Gasteiger partial charge in [-0.1, -0.05) is 0 Å². The smallest absolute Gasteiger partial charge is 0.276 e. The predicted molar refractivity (Wildman–Crippen MR) is 84.7 cm³/mol. The van der Waals surface area contributed by atoms with E-state index in [0.717, 1.165) is 47.3 Å². The van der Waals surface area contributed by atoms with E-state index in [1.807, 2.05) is 6.92 Å². The number of aryl methyl sites for hydroxylation is 2. The van der Waals surface area contributed by atoms with Gasteiger partial charge >= 0.3 is 0 Å². The van der Waals surface area contributed by atoms with Crippen LogP contribution >= 0.6 is 0 Å². The van der Waals surface area contributed by atoms with Crippen LogP contribution in [0.25, 0.3) is 16.8 Å². The Morgan fingerprint density at radius 1 is 1.26 bits per heavy atom. The highest BCUT2D eigenvalue weighted by Gasteiger charge is 2.22. The SMILES string of the molecule is Cc1[nH]n2c(=O)c3c(nc2c1-c1ccc([N+](=O)[O-])cc1)CCC3. The molecule has 4 rings (SSSR count). The van der Waals surface area contributed by atoms with Gasteiger partial charge in [0.2, 0.25) is 0 Å². The number of benzene rings is 1. The van der Waals surface area contributed by atoms with Gasteiger partial charge in [0, 0.05) is 29.0 Å². The second-order valence-corrected chi connectivity index (χ2v) is 5.77. The molecule has 0 amide bonds. The Bertz CT molecular complexity index is 999. The molecule has 2 aromatic heterocycles. The van der Waals surface area contributed by atoms with Crippen molar-refractivity contribution in [1.29, 1.82) is 0 Å². The topological polar surface area (TPSA) is 93.3 Å². The van der Waals surface area contributed by atoms with Crippen LogP contribution in [0.4, 0.5) is 5.69 Å². The fourth-order valence-corrected chi connectivity index (χ4v) is 3.25. The number of nitrogens with one attached hydrogen (secondary N) is 1. The van der Waals surface area contributed by atoms with E-state index >= 15 is 0 Å². The zero-order valence-corrected chi connectivity index (χ0v) is 12.5. The molecule has 0 fully saturated rings. The van der Waals surface area contributed by atoms with E-state index in [2.05, 4.69) is 10.1 Å². The molecule has 0 unspecified atom stereocenters. The molecule has 7 nitrogen and oxygen atoms in total. The average molecular weight is 310 g/mol. The largest absolute Gasteiger partial charge is 0.293 e. The minimum absolute atomic E-state index is 0.0391. The summed E-state index contributed by atoms with van der Waals surface area (Å²) in [6.07, 6.45) is 2.55. The fraction of sp³-hybridized carbons (Fsp3) is 0.250. The van der Waals surface area contributed by atoms with Crippen LogP contribution in [0.5, 0.6) is 0 Å². The molecule has 0 aliphatic heterocycles. The summed E-state index contributed by atoms with van der Waals surface area (Å²) in [5.41, 5.74) is 4.67. The molecule has 1 aromatic carbocycles. The molecule has 2 heterocycles. The first-order valence-electron chi connectivity index (χ1n) is 7.44. The number of rotatable bonds is 2. The molecular formula is C16H14N4O3. The van der Waals surface area contributed by atoms with Crippen molar-refractivity contribution in [2.24, 2.45) is 0 Å². The summed E-state index contributed by atoms with van der Waals surface area (Å²) in [5.74, 6) is 0. The number of hydrogen-bond donors (Lipinski definition) is 1. The maximum Gasteiger partial charge on any atom is 0.276 e. The third-order valence-electron chi connectivity index (χ3n) is 4.35. The first kappa shape index (κ1) is 13.7. The van der Waals surface area contributed by atoms with Gasteiger partial charge in [0.05, 0.1) is 10.6 Å². The van der Waals surface area contributed by atoms with Gasteiger partial charge in [-0.25, -0.2) is 9.50 Å². The molecule has 0 saturated heterocycles. The lowest BCUT2D eigenvalue weighted by atomic mass is 10.1. The molecule has 1 N–H and O–H groups in total. The zero-order chi connectivity index (χ0) is 16.1. The number of nitro groups is 1. The minimum Gasteiger partial charge on any atom is -0.293 e. The summed E-state index contributed by atoms with van der Waals surface area (Å²) in [6, 6.07) is 6.30. The molecule has 1 aliphatic carbocycles. The van der Waals surface area contributed by atoms with Gasteiger partial charge in [-0.2, -0.15) is 0 Å². The summed E-state index contributed by atoms with van der Waals surface area (Å²) in [6.45, 7) is 1.87. The first-order chi connectivity index (χ1) is 11.1. The second-order valence-electron chi connectivity index (χ2n) is 5.77. The van der Waals surface area contributed by atoms with Crippen LogP contribution in [0, 0.1) is 17.0 Å². The van der Waals surface area contributed by atoms with E-state index in [-0.39, 0.29) is 11.2 Å². The number of aromatic amines is 1. The van der Waals surface area contributed by atoms with Crippen LogP contribution in [-0.2, 0) is 12.8 Å². The molecule has 116 valence electrons. The third kappa shape index (κ3) is 1.97. The van der Waals surface area contributed by atoms with Crippen LogP contribution in [0.2, 0.25) is 0 Å². The predicted octanol–water partition coefficient (Wildman–Crippen LogP) is 2.39. The van der Waals surface area contributed by atoms with Gasteiger partial charge in [-0.15, -0.1) is 0 Å². The summed E-state index contributed by atoms with van der Waals surface area (Å²) in [4.78, 5) is 27.6. The van der Waals surface area contributed by atoms with Crippen LogP contribution < -0.4 is 5.56 Å². The maximum atomic E-state index is 12.6. The number of nitrogens with zero attached hydrogens (tertiary/aromatic N) is 3. The van der Waals surface area contributed by atoms with Crippen molar-refractivity contribution in [3.05, 3.63) is 61.7 Å². The Morgan fingerprint density at radius 2 is 2.00 bits per heavy atom. The van der Waals surface area contributed by atoms with Crippen molar-refractivity contribution in [2.45, 2.75) is 26.2 Å². The Hall–Kier alpha value is -2.96. The van der Waals surface area contributed by atoms with Crippen LogP contribution in [-0.4, -0.2) is 19.5 Å². The molecule has 0 spiro atoms. The third-order valence-corrected chi connectivity index (χ3v) is 4.35. The molecule has 0 atom stereocenters. The lowest BCUT2D eigenvalue weighted by Crippen LogP contribution is -2.20. The van der Waals surface area contributed by atoms with Gasteiger partial charge in [0.25, 0.3) is 11.2 Å². The Balaban J connectivity index is 1.97. The number of aromatic nitrogens is 3. The number of H-pyrrole nitrogens is 1.